The lowest BCUT2D eigenvalue weighted by Gasteiger charge is -2.24. The second kappa shape index (κ2) is 11.1. The molecule has 5 rings (SSSR count). The fourth-order valence-corrected chi connectivity index (χ4v) is 5.88. The van der Waals surface area contributed by atoms with E-state index in [1.807, 2.05) is 61.5 Å². The summed E-state index contributed by atoms with van der Waals surface area (Å²) in [5, 5.41) is 19.3. The van der Waals surface area contributed by atoms with E-state index in [4.69, 9.17) is 0 Å². The fraction of sp³-hybridized carbons (Fsp3) is 0.103. The quantitative estimate of drug-likeness (QED) is 0.156. The third kappa shape index (κ3) is 5.29. The minimum absolute atomic E-state index is 0.0745. The third-order valence-electron chi connectivity index (χ3n) is 5.98. The molecule has 0 radical (unpaired) electrons. The molecular weight excluding hydrogens is 521 g/mol. The van der Waals surface area contributed by atoms with Crippen LogP contribution in [0.25, 0.3) is 6.08 Å². The number of aromatic nitrogens is 2. The van der Waals surface area contributed by atoms with Crippen molar-refractivity contribution in [2.24, 2.45) is 0 Å². The maximum Gasteiger partial charge on any atom is 0.296 e. The first kappa shape index (κ1) is 25.6. The molecule has 1 unspecified atom stereocenters. The number of aliphatic hydroxyl groups excluding tert-OH is 1. The van der Waals surface area contributed by atoms with Gasteiger partial charge in [-0.15, -0.1) is 10.2 Å². The number of rotatable bonds is 8. The molecule has 0 aliphatic carbocycles. The first-order valence-electron chi connectivity index (χ1n) is 11.7. The predicted molar refractivity (Wildman–Crippen MR) is 147 cm³/mol. The van der Waals surface area contributed by atoms with Crippen molar-refractivity contribution in [3.05, 3.63) is 124 Å². The summed E-state index contributed by atoms with van der Waals surface area (Å²) in [6.07, 6.45) is 2.85. The van der Waals surface area contributed by atoms with E-state index < -0.39 is 29.3 Å². The number of ketones is 1. The van der Waals surface area contributed by atoms with Crippen molar-refractivity contribution < 1.29 is 19.1 Å². The monoisotopic (exact) mass is 543 g/mol. The normalized spacial score (nSPS) is 15.6. The van der Waals surface area contributed by atoms with Crippen LogP contribution < -0.4 is 4.90 Å². The van der Waals surface area contributed by atoms with Crippen molar-refractivity contribution in [3.63, 3.8) is 0 Å². The second-order valence-electron chi connectivity index (χ2n) is 8.59. The zero-order valence-electron chi connectivity index (χ0n) is 20.2. The summed E-state index contributed by atoms with van der Waals surface area (Å²) in [4.78, 5) is 27.7. The van der Waals surface area contributed by atoms with Gasteiger partial charge in [-0.3, -0.25) is 14.5 Å². The lowest BCUT2D eigenvalue weighted by atomic mass is 9.95. The molecule has 1 atom stereocenters. The summed E-state index contributed by atoms with van der Waals surface area (Å²) in [6.45, 7) is 2.02. The molecule has 1 aliphatic heterocycles. The van der Waals surface area contributed by atoms with Crippen molar-refractivity contribution >= 4 is 46.0 Å². The van der Waals surface area contributed by atoms with E-state index in [2.05, 4.69) is 10.2 Å². The van der Waals surface area contributed by atoms with Crippen LogP contribution in [0.2, 0.25) is 0 Å². The molecule has 0 spiro atoms. The lowest BCUT2D eigenvalue weighted by molar-refractivity contribution is -0.117. The van der Waals surface area contributed by atoms with Gasteiger partial charge in [-0.1, -0.05) is 108 Å². The van der Waals surface area contributed by atoms with Gasteiger partial charge < -0.3 is 5.11 Å². The number of hydrogen-bond donors (Lipinski definition) is 1. The van der Waals surface area contributed by atoms with Crippen molar-refractivity contribution in [1.29, 1.82) is 0 Å². The molecule has 1 N–H and O–H groups in total. The average molecular weight is 544 g/mol. The summed E-state index contributed by atoms with van der Waals surface area (Å²) in [6, 6.07) is 21.9. The summed E-state index contributed by atoms with van der Waals surface area (Å²) in [5.41, 5.74) is 2.90. The van der Waals surface area contributed by atoms with E-state index >= 15 is 4.39 Å². The fourth-order valence-electron chi connectivity index (χ4n) is 4.06. The molecule has 0 fully saturated rings. The van der Waals surface area contributed by atoms with Crippen LogP contribution in [0.4, 0.5) is 9.52 Å². The Labute approximate surface area is 227 Å². The van der Waals surface area contributed by atoms with Gasteiger partial charge in [0, 0.05) is 11.3 Å². The van der Waals surface area contributed by atoms with Gasteiger partial charge in [0.2, 0.25) is 5.13 Å². The number of aryl methyl sites for hydroxylation is 1. The Bertz CT molecular complexity index is 1550. The number of thioether (sulfide) groups is 1. The number of allylic oxidation sites excluding steroid dienone is 1. The Morgan fingerprint density at radius 2 is 1.76 bits per heavy atom. The molecular formula is C29H22FN3O3S2. The third-order valence-corrected chi connectivity index (χ3v) is 8.11. The Morgan fingerprint density at radius 3 is 2.50 bits per heavy atom. The number of anilines is 1. The van der Waals surface area contributed by atoms with E-state index in [1.54, 1.807) is 12.1 Å². The zero-order chi connectivity index (χ0) is 26.6. The molecule has 1 aromatic heterocycles. The summed E-state index contributed by atoms with van der Waals surface area (Å²) in [5.74, 6) is -2.13. The van der Waals surface area contributed by atoms with Gasteiger partial charge in [0.15, 0.2) is 15.9 Å². The summed E-state index contributed by atoms with van der Waals surface area (Å²) in [7, 11) is 0. The highest BCUT2D eigenvalue weighted by molar-refractivity contribution is 8.00. The molecule has 9 heteroatoms. The topological polar surface area (TPSA) is 83.4 Å². The number of nitrogens with zero attached hydrogens (tertiary/aromatic N) is 3. The van der Waals surface area contributed by atoms with Gasteiger partial charge in [0.1, 0.15) is 11.9 Å². The van der Waals surface area contributed by atoms with Crippen LogP contribution in [0, 0.1) is 12.7 Å². The van der Waals surface area contributed by atoms with E-state index in [0.717, 1.165) is 27.4 Å². The summed E-state index contributed by atoms with van der Waals surface area (Å²) >= 11 is 2.60. The molecule has 0 bridgehead atoms. The maximum atomic E-state index is 15.0. The van der Waals surface area contributed by atoms with Crippen LogP contribution >= 0.6 is 23.1 Å². The number of carbonyl (C=O) groups excluding carboxylic acids is 2. The summed E-state index contributed by atoms with van der Waals surface area (Å²) < 4.78 is 15.6. The minimum Gasteiger partial charge on any atom is -0.503 e. The maximum absolute atomic E-state index is 15.0. The number of aliphatic hydroxyl groups is 1. The van der Waals surface area contributed by atoms with Crippen molar-refractivity contribution in [3.8, 4) is 0 Å². The van der Waals surface area contributed by atoms with Crippen molar-refractivity contribution in [2.75, 3.05) is 4.90 Å². The highest BCUT2D eigenvalue weighted by atomic mass is 32.2. The molecule has 4 aromatic rings. The highest BCUT2D eigenvalue weighted by Gasteiger charge is 2.46. The van der Waals surface area contributed by atoms with Gasteiger partial charge in [0.05, 0.1) is 5.57 Å². The molecule has 2 heterocycles. The smallest absolute Gasteiger partial charge is 0.296 e. The second-order valence-corrected chi connectivity index (χ2v) is 10.8. The molecule has 38 heavy (non-hydrogen) atoms. The molecule has 1 amide bonds. The van der Waals surface area contributed by atoms with E-state index in [1.165, 1.54) is 41.6 Å². The highest BCUT2D eigenvalue weighted by Crippen LogP contribution is 2.44. The molecule has 3 aromatic carbocycles. The molecule has 0 saturated heterocycles. The molecule has 190 valence electrons. The van der Waals surface area contributed by atoms with Crippen molar-refractivity contribution in [1.82, 2.24) is 10.2 Å². The Balaban J connectivity index is 1.46. The van der Waals surface area contributed by atoms with Crippen LogP contribution in [0.1, 0.15) is 28.3 Å². The van der Waals surface area contributed by atoms with Crippen LogP contribution in [0.3, 0.4) is 0 Å². The number of halogens is 1. The van der Waals surface area contributed by atoms with E-state index in [0.29, 0.717) is 10.1 Å². The SMILES string of the molecule is Cc1ccc(CSc2nnc(N3C(=O)C(O)=C(C(=O)/C=C/c4ccccc4)C3c3ccccc3F)s2)cc1. The van der Waals surface area contributed by atoms with Crippen LogP contribution in [-0.4, -0.2) is 27.0 Å². The molecule has 6 nitrogen and oxygen atoms in total. The van der Waals surface area contributed by atoms with E-state index in [-0.39, 0.29) is 16.3 Å². The van der Waals surface area contributed by atoms with Gasteiger partial charge in [-0.25, -0.2) is 4.39 Å². The van der Waals surface area contributed by atoms with Crippen LogP contribution in [-0.2, 0) is 15.3 Å². The first-order valence-corrected chi connectivity index (χ1v) is 13.5. The predicted octanol–water partition coefficient (Wildman–Crippen LogP) is 6.46. The van der Waals surface area contributed by atoms with Gasteiger partial charge in [-0.2, -0.15) is 0 Å². The van der Waals surface area contributed by atoms with Crippen LogP contribution in [0.5, 0.6) is 0 Å². The average Bonchev–Trinajstić information content (AvgIpc) is 3.50. The van der Waals surface area contributed by atoms with Gasteiger partial charge in [-0.05, 0) is 30.2 Å². The first-order chi connectivity index (χ1) is 18.4. The number of carbonyl (C=O) groups is 2. The largest absolute Gasteiger partial charge is 0.503 e. The van der Waals surface area contributed by atoms with E-state index in [9.17, 15) is 14.7 Å². The Morgan fingerprint density at radius 1 is 1.05 bits per heavy atom. The zero-order valence-corrected chi connectivity index (χ0v) is 21.9. The number of amides is 1. The Kier molecular flexibility index (Phi) is 7.48. The van der Waals surface area contributed by atoms with Crippen LogP contribution in [0.15, 0.2) is 101 Å². The van der Waals surface area contributed by atoms with Crippen molar-refractivity contribution in [2.45, 2.75) is 23.1 Å². The van der Waals surface area contributed by atoms with Gasteiger partial charge in [0.25, 0.3) is 5.91 Å². The Hall–Kier alpha value is -4.08. The lowest BCUT2D eigenvalue weighted by Crippen LogP contribution is -2.31. The standard InChI is InChI=1S/C29H22FN3O3S2/c1-18-11-13-20(14-12-18)17-37-29-32-31-28(38-29)33-25(21-9-5-6-10-22(21)30)24(26(35)27(33)36)23(34)16-15-19-7-3-2-4-8-19/h2-16,25,35H,17H2,1H3/b16-15+. The number of hydrogen-bond acceptors (Lipinski definition) is 7. The minimum atomic E-state index is -1.19. The van der Waals surface area contributed by atoms with Gasteiger partial charge >= 0.3 is 0 Å². The molecule has 0 saturated carbocycles. The molecule has 1 aliphatic rings. The number of benzene rings is 3.